The van der Waals surface area contributed by atoms with Crippen LogP contribution in [0.4, 0.5) is 9.39 Å². The number of anilines is 1. The maximum Gasteiger partial charge on any atom is 0.341 e. The predicted octanol–water partition coefficient (Wildman–Crippen LogP) is 3.71. The maximum atomic E-state index is 13.1. The molecule has 1 N–H and O–H groups in total. The van der Waals surface area contributed by atoms with Crippen molar-refractivity contribution >= 4 is 39.7 Å². The number of amides is 1. The summed E-state index contributed by atoms with van der Waals surface area (Å²) in [6.45, 7) is 4.86. The van der Waals surface area contributed by atoms with Crippen molar-refractivity contribution in [3.8, 4) is 0 Å². The van der Waals surface area contributed by atoms with Gasteiger partial charge in [-0.1, -0.05) is 17.3 Å². The molecule has 1 unspecified atom stereocenters. The second-order valence-corrected chi connectivity index (χ2v) is 7.39. The molecule has 0 spiro atoms. The summed E-state index contributed by atoms with van der Waals surface area (Å²) in [5.74, 6) is -1.70. The molecule has 152 valence electrons. The van der Waals surface area contributed by atoms with Crippen molar-refractivity contribution in [1.82, 2.24) is 0 Å². The van der Waals surface area contributed by atoms with Gasteiger partial charge < -0.3 is 14.9 Å². The molecule has 3 rings (SSSR count). The zero-order valence-corrected chi connectivity index (χ0v) is 16.9. The Kier molecular flexibility index (Phi) is 6.07. The van der Waals surface area contributed by atoms with E-state index in [1.54, 1.807) is 26.0 Å². The van der Waals surface area contributed by atoms with E-state index in [0.29, 0.717) is 21.7 Å². The standard InChI is InChI=1S/C20H19FN2O5S/c1-4-27-20(26)16-10(2)17(11(3)24)29-19(16)22-18(25)15-9-14(23-28-15)12-5-7-13(21)8-6-12/h5-8,15H,4,9H2,1-3H3,(H,22,25). The Labute approximate surface area is 170 Å². The normalized spacial score (nSPS) is 15.4. The number of halogens is 1. The third kappa shape index (κ3) is 4.34. The number of benzene rings is 1. The largest absolute Gasteiger partial charge is 0.462 e. The van der Waals surface area contributed by atoms with Gasteiger partial charge in [-0.3, -0.25) is 9.59 Å². The molecule has 0 fully saturated rings. The maximum absolute atomic E-state index is 13.1. The van der Waals surface area contributed by atoms with Gasteiger partial charge in [0.05, 0.1) is 22.8 Å². The third-order valence-corrected chi connectivity index (χ3v) is 5.63. The first kappa shape index (κ1) is 20.7. The summed E-state index contributed by atoms with van der Waals surface area (Å²) in [5.41, 5.74) is 1.79. The van der Waals surface area contributed by atoms with Crippen LogP contribution in [0, 0.1) is 12.7 Å². The number of ether oxygens (including phenoxy) is 1. The van der Waals surface area contributed by atoms with Crippen molar-refractivity contribution < 1.29 is 28.3 Å². The van der Waals surface area contributed by atoms with Gasteiger partial charge in [0.2, 0.25) is 6.10 Å². The van der Waals surface area contributed by atoms with Crippen LogP contribution in [0.15, 0.2) is 29.4 Å². The second-order valence-electron chi connectivity index (χ2n) is 6.37. The van der Waals surface area contributed by atoms with Gasteiger partial charge in [0, 0.05) is 6.42 Å². The molecule has 1 aromatic heterocycles. The number of thiophene rings is 1. The molecule has 2 aromatic rings. The van der Waals surface area contributed by atoms with E-state index >= 15 is 0 Å². The topological polar surface area (TPSA) is 94.1 Å². The Balaban J connectivity index is 1.77. The van der Waals surface area contributed by atoms with Gasteiger partial charge in [-0.15, -0.1) is 11.3 Å². The molecule has 9 heteroatoms. The first-order valence-electron chi connectivity index (χ1n) is 8.92. The van der Waals surface area contributed by atoms with Crippen molar-refractivity contribution in [3.05, 3.63) is 51.7 Å². The van der Waals surface area contributed by atoms with Gasteiger partial charge in [0.25, 0.3) is 5.91 Å². The highest BCUT2D eigenvalue weighted by Gasteiger charge is 2.32. The van der Waals surface area contributed by atoms with Crippen LogP contribution in [0.3, 0.4) is 0 Å². The first-order valence-corrected chi connectivity index (χ1v) is 9.74. The summed E-state index contributed by atoms with van der Waals surface area (Å²) in [6, 6.07) is 5.71. The molecular weight excluding hydrogens is 399 g/mol. The predicted molar refractivity (Wildman–Crippen MR) is 106 cm³/mol. The summed E-state index contributed by atoms with van der Waals surface area (Å²) >= 11 is 1.02. The van der Waals surface area contributed by atoms with Crippen molar-refractivity contribution in [2.75, 3.05) is 11.9 Å². The molecule has 7 nitrogen and oxygen atoms in total. The van der Waals surface area contributed by atoms with E-state index in [9.17, 15) is 18.8 Å². The lowest BCUT2D eigenvalue weighted by Gasteiger charge is -2.10. The van der Waals surface area contributed by atoms with Gasteiger partial charge >= 0.3 is 5.97 Å². The Morgan fingerprint density at radius 3 is 2.62 bits per heavy atom. The van der Waals surface area contributed by atoms with Gasteiger partial charge in [-0.2, -0.15) is 0 Å². The second kappa shape index (κ2) is 8.52. The molecule has 0 radical (unpaired) electrons. The van der Waals surface area contributed by atoms with Crippen LogP contribution in [-0.2, 0) is 14.4 Å². The van der Waals surface area contributed by atoms with Crippen molar-refractivity contribution in [1.29, 1.82) is 0 Å². The highest BCUT2D eigenvalue weighted by Crippen LogP contribution is 2.34. The molecule has 1 aliphatic rings. The highest BCUT2D eigenvalue weighted by atomic mass is 32.1. The Morgan fingerprint density at radius 1 is 1.31 bits per heavy atom. The van der Waals surface area contributed by atoms with E-state index in [2.05, 4.69) is 10.5 Å². The van der Waals surface area contributed by atoms with Crippen LogP contribution < -0.4 is 5.32 Å². The summed E-state index contributed by atoms with van der Waals surface area (Å²) in [5, 5.41) is 6.80. The first-order chi connectivity index (χ1) is 13.8. The molecule has 1 aromatic carbocycles. The minimum Gasteiger partial charge on any atom is -0.462 e. The summed E-state index contributed by atoms with van der Waals surface area (Å²) < 4.78 is 18.1. The zero-order valence-electron chi connectivity index (χ0n) is 16.1. The van der Waals surface area contributed by atoms with Crippen LogP contribution in [0.25, 0.3) is 0 Å². The monoisotopic (exact) mass is 418 g/mol. The highest BCUT2D eigenvalue weighted by molar-refractivity contribution is 7.18. The van der Waals surface area contributed by atoms with Crippen LogP contribution in [0.1, 0.15) is 51.4 Å². The molecule has 0 saturated carbocycles. The number of carbonyl (C=O) groups is 3. The lowest BCUT2D eigenvalue weighted by Crippen LogP contribution is -2.28. The minimum absolute atomic E-state index is 0.160. The number of ketones is 1. The SMILES string of the molecule is CCOC(=O)c1c(NC(=O)C2CC(c3ccc(F)cc3)=NO2)sc(C(C)=O)c1C. The van der Waals surface area contributed by atoms with Gasteiger partial charge in [0.1, 0.15) is 10.8 Å². The Bertz CT molecular complexity index is 997. The fourth-order valence-electron chi connectivity index (χ4n) is 2.91. The van der Waals surface area contributed by atoms with Gasteiger partial charge in [0.15, 0.2) is 5.78 Å². The number of hydrogen-bond acceptors (Lipinski definition) is 7. The van der Waals surface area contributed by atoms with Crippen molar-refractivity contribution in [2.45, 2.75) is 33.3 Å². The number of carbonyl (C=O) groups excluding carboxylic acids is 3. The van der Waals surface area contributed by atoms with Gasteiger partial charge in [-0.05, 0) is 44.0 Å². The molecule has 0 saturated heterocycles. The van der Waals surface area contributed by atoms with E-state index in [1.807, 2.05) is 0 Å². The quantitative estimate of drug-likeness (QED) is 0.570. The summed E-state index contributed by atoms with van der Waals surface area (Å²) in [7, 11) is 0. The average Bonchev–Trinajstić information content (AvgIpc) is 3.28. The van der Waals surface area contributed by atoms with Crippen LogP contribution in [0.2, 0.25) is 0 Å². The lowest BCUT2D eigenvalue weighted by atomic mass is 10.0. The molecule has 0 aliphatic carbocycles. The molecule has 1 aliphatic heterocycles. The summed E-state index contributed by atoms with van der Waals surface area (Å²) in [6.07, 6.45) is -0.718. The van der Waals surface area contributed by atoms with Gasteiger partial charge in [-0.25, -0.2) is 9.18 Å². The average molecular weight is 418 g/mol. The van der Waals surface area contributed by atoms with E-state index < -0.39 is 18.0 Å². The van der Waals surface area contributed by atoms with E-state index in [4.69, 9.17) is 9.57 Å². The molecule has 1 atom stereocenters. The molecule has 0 bridgehead atoms. The van der Waals surface area contributed by atoms with E-state index in [0.717, 1.165) is 11.3 Å². The number of nitrogens with zero attached hydrogens (tertiary/aromatic N) is 1. The molecule has 29 heavy (non-hydrogen) atoms. The number of rotatable bonds is 6. The fraction of sp³-hybridized carbons (Fsp3) is 0.300. The Morgan fingerprint density at radius 2 is 2.00 bits per heavy atom. The number of oxime groups is 1. The van der Waals surface area contributed by atoms with Crippen LogP contribution in [0.5, 0.6) is 0 Å². The number of hydrogen-bond donors (Lipinski definition) is 1. The lowest BCUT2D eigenvalue weighted by molar-refractivity contribution is -0.125. The Hall–Kier alpha value is -3.07. The summed E-state index contributed by atoms with van der Waals surface area (Å²) in [4.78, 5) is 42.4. The molecular formula is C20H19FN2O5S. The van der Waals surface area contributed by atoms with E-state index in [1.165, 1.54) is 19.1 Å². The van der Waals surface area contributed by atoms with E-state index in [-0.39, 0.29) is 35.2 Å². The van der Waals surface area contributed by atoms with Crippen LogP contribution >= 0.6 is 11.3 Å². The fourth-order valence-corrected chi connectivity index (χ4v) is 4.00. The number of esters is 1. The number of nitrogens with one attached hydrogen (secondary N) is 1. The zero-order chi connectivity index (χ0) is 21.1. The molecule has 2 heterocycles. The van der Waals surface area contributed by atoms with Crippen molar-refractivity contribution in [2.24, 2.45) is 5.16 Å². The van der Waals surface area contributed by atoms with Crippen molar-refractivity contribution in [3.63, 3.8) is 0 Å². The molecule has 1 amide bonds. The van der Waals surface area contributed by atoms with Crippen LogP contribution in [-0.4, -0.2) is 36.1 Å². The minimum atomic E-state index is -0.909. The number of Topliss-reactive ketones (excluding diaryl/α,β-unsaturated/α-hetero) is 1. The smallest absolute Gasteiger partial charge is 0.341 e. The third-order valence-electron chi connectivity index (χ3n) is 4.32.